The average molecular weight is 342 g/mol. The zero-order valence-corrected chi connectivity index (χ0v) is 14.4. The van der Waals surface area contributed by atoms with Crippen LogP contribution in [0.4, 0.5) is 0 Å². The van der Waals surface area contributed by atoms with Gasteiger partial charge in [0.1, 0.15) is 6.61 Å². The van der Waals surface area contributed by atoms with E-state index in [1.807, 2.05) is 61.8 Å². The zero-order chi connectivity index (χ0) is 17.8. The van der Waals surface area contributed by atoms with E-state index in [4.69, 9.17) is 4.74 Å². The molecule has 0 saturated carbocycles. The van der Waals surface area contributed by atoms with Gasteiger partial charge in [-0.3, -0.25) is 9.67 Å². The molecule has 0 fully saturated rings. The van der Waals surface area contributed by atoms with Gasteiger partial charge in [-0.1, -0.05) is 24.3 Å². The Kier molecular flexibility index (Phi) is 4.43. The summed E-state index contributed by atoms with van der Waals surface area (Å²) in [6.45, 7) is 0.420. The first-order valence-electron chi connectivity index (χ1n) is 8.39. The van der Waals surface area contributed by atoms with Crippen LogP contribution in [0.5, 0.6) is 5.88 Å². The van der Waals surface area contributed by atoms with Crippen molar-refractivity contribution < 1.29 is 4.74 Å². The van der Waals surface area contributed by atoms with Gasteiger partial charge in [0.25, 0.3) is 0 Å². The first-order valence-corrected chi connectivity index (χ1v) is 8.39. The molecule has 0 spiro atoms. The van der Waals surface area contributed by atoms with Crippen LogP contribution in [-0.4, -0.2) is 26.4 Å². The van der Waals surface area contributed by atoms with Crippen LogP contribution in [0, 0.1) is 0 Å². The smallest absolute Gasteiger partial charge is 0.241 e. The van der Waals surface area contributed by atoms with Crippen molar-refractivity contribution in [1.82, 2.24) is 19.7 Å². The molecule has 26 heavy (non-hydrogen) atoms. The van der Waals surface area contributed by atoms with E-state index in [1.165, 1.54) is 0 Å². The minimum absolute atomic E-state index is 0.420. The van der Waals surface area contributed by atoms with Gasteiger partial charge >= 0.3 is 0 Å². The third-order valence-corrected chi connectivity index (χ3v) is 4.01. The van der Waals surface area contributed by atoms with Gasteiger partial charge < -0.3 is 4.74 Å². The summed E-state index contributed by atoms with van der Waals surface area (Å²) in [5.74, 6) is 0.606. The number of hydrogen-bond acceptors (Lipinski definition) is 4. The lowest BCUT2D eigenvalue weighted by molar-refractivity contribution is 0.346. The highest BCUT2D eigenvalue weighted by Gasteiger charge is 2.10. The van der Waals surface area contributed by atoms with E-state index < -0.39 is 0 Å². The second kappa shape index (κ2) is 7.19. The maximum atomic E-state index is 5.85. The number of fused-ring (bicyclic) bond motifs is 1. The molecule has 3 heterocycles. The molecule has 4 rings (SSSR count). The maximum absolute atomic E-state index is 5.85. The van der Waals surface area contributed by atoms with Gasteiger partial charge in [-0.05, 0) is 42.0 Å². The molecule has 5 heteroatoms. The predicted octanol–water partition coefficient (Wildman–Crippen LogP) is 4.12. The van der Waals surface area contributed by atoms with Gasteiger partial charge in [0.15, 0.2) is 0 Å². The highest BCUT2D eigenvalue weighted by molar-refractivity contribution is 5.79. The minimum atomic E-state index is 0.420. The second-order valence-electron chi connectivity index (χ2n) is 5.90. The topological polar surface area (TPSA) is 52.8 Å². The third-order valence-electron chi connectivity index (χ3n) is 4.01. The molecule has 0 amide bonds. The van der Waals surface area contributed by atoms with Crippen LogP contribution in [0.3, 0.4) is 0 Å². The van der Waals surface area contributed by atoms with Crippen LogP contribution in [-0.2, 0) is 7.05 Å². The second-order valence-corrected chi connectivity index (χ2v) is 5.90. The molecule has 0 aliphatic rings. The average Bonchev–Trinajstić information content (AvgIpc) is 3.06. The van der Waals surface area contributed by atoms with E-state index in [2.05, 4.69) is 27.2 Å². The van der Waals surface area contributed by atoms with Crippen molar-refractivity contribution in [3.05, 3.63) is 78.9 Å². The van der Waals surface area contributed by atoms with Crippen molar-refractivity contribution in [3.63, 3.8) is 0 Å². The summed E-state index contributed by atoms with van der Waals surface area (Å²) in [6, 6.07) is 16.0. The lowest BCUT2D eigenvalue weighted by Crippen LogP contribution is -1.96. The van der Waals surface area contributed by atoms with Crippen molar-refractivity contribution >= 4 is 17.0 Å². The number of hydrogen-bond donors (Lipinski definition) is 0. The molecule has 0 aliphatic carbocycles. The first-order chi connectivity index (χ1) is 12.8. The van der Waals surface area contributed by atoms with E-state index in [1.54, 1.807) is 17.1 Å². The van der Waals surface area contributed by atoms with Gasteiger partial charge in [-0.25, -0.2) is 4.98 Å². The Hall–Kier alpha value is -3.47. The number of benzene rings is 1. The molecular formula is C21H18N4O. The summed E-state index contributed by atoms with van der Waals surface area (Å²) in [5.41, 5.74) is 3.87. The number of rotatable bonds is 5. The number of aryl methyl sites for hydroxylation is 1. The van der Waals surface area contributed by atoms with Crippen molar-refractivity contribution in [2.24, 2.45) is 7.05 Å². The van der Waals surface area contributed by atoms with Gasteiger partial charge in [0.2, 0.25) is 5.88 Å². The summed E-state index contributed by atoms with van der Waals surface area (Å²) in [5, 5.41) is 5.53. The van der Waals surface area contributed by atoms with Crippen LogP contribution in [0.1, 0.15) is 5.69 Å². The van der Waals surface area contributed by atoms with Gasteiger partial charge in [-0.2, -0.15) is 0 Å². The highest BCUT2D eigenvalue weighted by Crippen LogP contribution is 2.27. The number of aromatic nitrogens is 4. The van der Waals surface area contributed by atoms with Crippen molar-refractivity contribution in [2.45, 2.75) is 0 Å². The van der Waals surface area contributed by atoms with Crippen LogP contribution in [0.2, 0.25) is 0 Å². The molecule has 0 radical (unpaired) electrons. The SMILES string of the molecule is Cn1cc(-c2ccncc2)c(OC/C=C/c2ccc3ccccc3n2)n1. The van der Waals surface area contributed by atoms with Crippen LogP contribution in [0.25, 0.3) is 28.1 Å². The standard InChI is InChI=1S/C21H18N4O/c1-25-15-19(16-10-12-22-13-11-16)21(24-25)26-14-4-6-18-9-8-17-5-2-3-7-20(17)23-18/h2-13,15H,14H2,1H3/b6-4+. The van der Waals surface area contributed by atoms with E-state index in [0.717, 1.165) is 27.7 Å². The van der Waals surface area contributed by atoms with E-state index >= 15 is 0 Å². The fraction of sp³-hybridized carbons (Fsp3) is 0.0952. The molecule has 5 nitrogen and oxygen atoms in total. The fourth-order valence-corrected chi connectivity index (χ4v) is 2.77. The molecule has 0 bridgehead atoms. The van der Waals surface area contributed by atoms with Gasteiger partial charge in [-0.15, -0.1) is 5.10 Å². The Balaban J connectivity index is 1.47. The van der Waals surface area contributed by atoms with E-state index in [0.29, 0.717) is 12.5 Å². The summed E-state index contributed by atoms with van der Waals surface area (Å²) in [4.78, 5) is 8.67. The van der Waals surface area contributed by atoms with Gasteiger partial charge in [0.05, 0.1) is 16.8 Å². The number of para-hydroxylation sites is 1. The van der Waals surface area contributed by atoms with Crippen LogP contribution >= 0.6 is 0 Å². The molecule has 0 aliphatic heterocycles. The molecule has 0 unspecified atom stereocenters. The molecule has 3 aromatic heterocycles. The monoisotopic (exact) mass is 342 g/mol. The van der Waals surface area contributed by atoms with Crippen molar-refractivity contribution in [2.75, 3.05) is 6.61 Å². The molecule has 4 aromatic rings. The lowest BCUT2D eigenvalue weighted by atomic mass is 10.1. The van der Waals surface area contributed by atoms with E-state index in [-0.39, 0.29) is 0 Å². The summed E-state index contributed by atoms with van der Waals surface area (Å²) >= 11 is 0. The Morgan fingerprint density at radius 2 is 1.88 bits per heavy atom. The number of pyridine rings is 2. The molecule has 1 aromatic carbocycles. The largest absolute Gasteiger partial charge is 0.472 e. The Morgan fingerprint density at radius 3 is 2.77 bits per heavy atom. The zero-order valence-electron chi connectivity index (χ0n) is 14.4. The molecule has 128 valence electrons. The van der Waals surface area contributed by atoms with Crippen LogP contribution in [0.15, 0.2) is 73.2 Å². The normalized spacial score (nSPS) is 11.3. The number of ether oxygens (including phenoxy) is 1. The fourth-order valence-electron chi connectivity index (χ4n) is 2.77. The molecule has 0 N–H and O–H groups in total. The predicted molar refractivity (Wildman–Crippen MR) is 103 cm³/mol. The molecule has 0 saturated heterocycles. The Morgan fingerprint density at radius 1 is 1.04 bits per heavy atom. The van der Waals surface area contributed by atoms with E-state index in [9.17, 15) is 0 Å². The summed E-state index contributed by atoms with van der Waals surface area (Å²) in [7, 11) is 1.88. The number of nitrogens with zero attached hydrogens (tertiary/aromatic N) is 4. The van der Waals surface area contributed by atoms with Crippen molar-refractivity contribution in [3.8, 4) is 17.0 Å². The molecule has 0 atom stereocenters. The Bertz CT molecular complexity index is 1050. The quantitative estimate of drug-likeness (QED) is 0.547. The third kappa shape index (κ3) is 3.47. The Labute approximate surface area is 151 Å². The van der Waals surface area contributed by atoms with Gasteiger partial charge in [0, 0.05) is 31.0 Å². The molecular weight excluding hydrogens is 324 g/mol. The highest BCUT2D eigenvalue weighted by atomic mass is 16.5. The lowest BCUT2D eigenvalue weighted by Gasteiger charge is -2.03. The minimum Gasteiger partial charge on any atom is -0.472 e. The summed E-state index contributed by atoms with van der Waals surface area (Å²) in [6.07, 6.45) is 9.37. The van der Waals surface area contributed by atoms with Crippen molar-refractivity contribution in [1.29, 1.82) is 0 Å². The van der Waals surface area contributed by atoms with Crippen LogP contribution < -0.4 is 4.74 Å². The summed E-state index contributed by atoms with van der Waals surface area (Å²) < 4.78 is 7.60. The first kappa shape index (κ1) is 16.0. The maximum Gasteiger partial charge on any atom is 0.241 e.